The average molecular weight is 464 g/mol. The Hall–Kier alpha value is -3.42. The molecular weight excluding hydrogens is 450 g/mol. The van der Waals surface area contributed by atoms with E-state index in [0.29, 0.717) is 5.69 Å². The molecule has 0 fully saturated rings. The molecule has 0 saturated carbocycles. The smallest absolute Gasteiger partial charge is 0.282 e. The number of amides is 1. The second-order valence-corrected chi connectivity index (χ2v) is 8.63. The van der Waals surface area contributed by atoms with E-state index in [2.05, 4.69) is 20.3 Å². The Morgan fingerprint density at radius 3 is 2.47 bits per heavy atom. The van der Waals surface area contributed by atoms with Crippen LogP contribution < -0.4 is 15.4 Å². The summed E-state index contributed by atoms with van der Waals surface area (Å²) in [4.78, 5) is 26.5. The first kappa shape index (κ1) is 21.3. The predicted molar refractivity (Wildman–Crippen MR) is 116 cm³/mol. The number of nitro groups is 1. The molecule has 0 aliphatic rings. The third-order valence-corrected chi connectivity index (χ3v) is 6.03. The van der Waals surface area contributed by atoms with Crippen LogP contribution in [-0.2, 0) is 10.0 Å². The average Bonchev–Trinajstić information content (AvgIpc) is 3.20. The maximum atomic E-state index is 12.3. The maximum Gasteiger partial charge on any atom is 0.282 e. The van der Waals surface area contributed by atoms with Gasteiger partial charge in [0, 0.05) is 23.3 Å². The van der Waals surface area contributed by atoms with Crippen molar-refractivity contribution in [3.05, 3.63) is 75.8 Å². The molecule has 13 heteroatoms. The normalized spacial score (nSPS) is 10.8. The van der Waals surface area contributed by atoms with Crippen molar-refractivity contribution < 1.29 is 18.1 Å². The minimum Gasteiger partial charge on any atom is -0.332 e. The van der Waals surface area contributed by atoms with Crippen LogP contribution in [-0.4, -0.2) is 29.3 Å². The van der Waals surface area contributed by atoms with Gasteiger partial charge in [0.15, 0.2) is 10.2 Å². The van der Waals surface area contributed by atoms with Gasteiger partial charge in [-0.25, -0.2) is 13.4 Å². The number of nitrogens with zero attached hydrogens (tertiary/aromatic N) is 2. The van der Waals surface area contributed by atoms with Gasteiger partial charge in [-0.15, -0.1) is 11.3 Å². The molecule has 0 bridgehead atoms. The first-order chi connectivity index (χ1) is 14.3. The second-order valence-electron chi connectivity index (χ2n) is 5.65. The highest BCUT2D eigenvalue weighted by Crippen LogP contribution is 2.20. The molecule has 30 heavy (non-hydrogen) atoms. The summed E-state index contributed by atoms with van der Waals surface area (Å²) in [5, 5.41) is 17.9. The molecule has 3 aromatic rings. The molecule has 0 aliphatic carbocycles. The van der Waals surface area contributed by atoms with Gasteiger partial charge in [0.1, 0.15) is 5.56 Å². The standard InChI is InChI=1S/C17H13N5O5S3/c23-15(13-3-1-2-4-14(13)22(24)25)20-16(28)19-11-5-7-12(8-6-11)30(26,27)21-17-18-9-10-29-17/h1-10H,(H,18,21)(H2,19,20,23,28). The molecule has 0 radical (unpaired) electrons. The Morgan fingerprint density at radius 1 is 1.13 bits per heavy atom. The summed E-state index contributed by atoms with van der Waals surface area (Å²) < 4.78 is 27.0. The highest BCUT2D eigenvalue weighted by atomic mass is 32.2. The number of thiocarbonyl (C=S) groups is 1. The molecule has 154 valence electrons. The molecule has 1 heterocycles. The van der Waals surface area contributed by atoms with Crippen molar-refractivity contribution in [1.29, 1.82) is 0 Å². The van der Waals surface area contributed by atoms with Gasteiger partial charge in [-0.1, -0.05) is 12.1 Å². The number of hydrogen-bond donors (Lipinski definition) is 3. The molecule has 0 saturated heterocycles. The Labute approximate surface area is 180 Å². The lowest BCUT2D eigenvalue weighted by Gasteiger charge is -2.11. The molecule has 0 atom stereocenters. The van der Waals surface area contributed by atoms with Gasteiger partial charge in [0.05, 0.1) is 9.82 Å². The number of carbonyl (C=O) groups is 1. The van der Waals surface area contributed by atoms with E-state index in [1.54, 1.807) is 5.38 Å². The summed E-state index contributed by atoms with van der Waals surface area (Å²) >= 11 is 6.20. The number of carbonyl (C=O) groups excluding carboxylic acids is 1. The number of para-hydroxylation sites is 1. The fourth-order valence-corrected chi connectivity index (χ4v) is 4.32. The van der Waals surface area contributed by atoms with Gasteiger partial charge < -0.3 is 5.32 Å². The van der Waals surface area contributed by atoms with Crippen molar-refractivity contribution in [2.75, 3.05) is 10.0 Å². The largest absolute Gasteiger partial charge is 0.332 e. The van der Waals surface area contributed by atoms with Crippen molar-refractivity contribution in [3.63, 3.8) is 0 Å². The van der Waals surface area contributed by atoms with E-state index in [0.717, 1.165) is 11.3 Å². The molecule has 1 aromatic heterocycles. The number of benzene rings is 2. The van der Waals surface area contributed by atoms with Crippen molar-refractivity contribution in [1.82, 2.24) is 10.3 Å². The molecule has 1 amide bonds. The Bertz CT molecular complexity index is 1190. The molecule has 3 rings (SSSR count). The quantitative estimate of drug-likeness (QED) is 0.288. The predicted octanol–water partition coefficient (Wildman–Crippen LogP) is 2.98. The third kappa shape index (κ3) is 5.14. The van der Waals surface area contributed by atoms with Crippen LogP contribution in [0.4, 0.5) is 16.5 Å². The lowest BCUT2D eigenvalue weighted by Crippen LogP contribution is -2.34. The summed E-state index contributed by atoms with van der Waals surface area (Å²) in [6.07, 6.45) is 1.48. The summed E-state index contributed by atoms with van der Waals surface area (Å²) in [6.45, 7) is 0. The molecule has 2 aromatic carbocycles. The Balaban J connectivity index is 1.65. The van der Waals surface area contributed by atoms with E-state index in [-0.39, 0.29) is 26.4 Å². The fraction of sp³-hybridized carbons (Fsp3) is 0. The molecule has 0 unspecified atom stereocenters. The highest BCUT2D eigenvalue weighted by Gasteiger charge is 2.20. The lowest BCUT2D eigenvalue weighted by atomic mass is 10.1. The Kier molecular flexibility index (Phi) is 6.34. The zero-order valence-electron chi connectivity index (χ0n) is 14.9. The second kappa shape index (κ2) is 8.94. The van der Waals surface area contributed by atoms with Crippen LogP contribution in [0.3, 0.4) is 0 Å². The Morgan fingerprint density at radius 2 is 1.83 bits per heavy atom. The lowest BCUT2D eigenvalue weighted by molar-refractivity contribution is -0.385. The van der Waals surface area contributed by atoms with Crippen molar-refractivity contribution in [2.45, 2.75) is 4.90 Å². The number of nitro benzene ring substituents is 1. The summed E-state index contributed by atoms with van der Waals surface area (Å²) in [6, 6.07) is 11.1. The van der Waals surface area contributed by atoms with Gasteiger partial charge >= 0.3 is 0 Å². The minimum absolute atomic E-state index is 0.0121. The number of rotatable bonds is 6. The number of nitrogens with one attached hydrogen (secondary N) is 3. The van der Waals surface area contributed by atoms with Crippen LogP contribution in [0.2, 0.25) is 0 Å². The zero-order chi connectivity index (χ0) is 21.7. The van der Waals surface area contributed by atoms with Gasteiger partial charge in [-0.05, 0) is 42.5 Å². The summed E-state index contributed by atoms with van der Waals surface area (Å²) in [5.41, 5.74) is -0.0718. The van der Waals surface area contributed by atoms with E-state index in [1.807, 2.05) is 0 Å². The first-order valence-electron chi connectivity index (χ1n) is 8.14. The number of anilines is 2. The van der Waals surface area contributed by atoms with Gasteiger partial charge in [0.25, 0.3) is 21.6 Å². The van der Waals surface area contributed by atoms with E-state index in [9.17, 15) is 23.3 Å². The zero-order valence-corrected chi connectivity index (χ0v) is 17.4. The molecular formula is C17H13N5O5S3. The molecule has 10 nitrogen and oxygen atoms in total. The van der Waals surface area contributed by atoms with E-state index in [4.69, 9.17) is 12.2 Å². The van der Waals surface area contributed by atoms with E-state index >= 15 is 0 Å². The first-order valence-corrected chi connectivity index (χ1v) is 10.9. The minimum atomic E-state index is -3.79. The van der Waals surface area contributed by atoms with Crippen LogP contribution in [0.25, 0.3) is 0 Å². The van der Waals surface area contributed by atoms with Crippen molar-refractivity contribution in [2.24, 2.45) is 0 Å². The maximum absolute atomic E-state index is 12.3. The number of hydrogen-bond acceptors (Lipinski definition) is 8. The van der Waals surface area contributed by atoms with Crippen LogP contribution in [0.15, 0.2) is 65.0 Å². The van der Waals surface area contributed by atoms with Gasteiger partial charge in [-0.2, -0.15) is 0 Å². The van der Waals surface area contributed by atoms with E-state index < -0.39 is 20.9 Å². The monoisotopic (exact) mass is 463 g/mol. The molecule has 3 N–H and O–H groups in total. The number of aromatic nitrogens is 1. The third-order valence-electron chi connectivity index (χ3n) is 3.65. The summed E-state index contributed by atoms with van der Waals surface area (Å²) in [5.74, 6) is -0.744. The van der Waals surface area contributed by atoms with Crippen LogP contribution in [0.1, 0.15) is 10.4 Å². The van der Waals surface area contributed by atoms with Gasteiger partial charge in [0.2, 0.25) is 0 Å². The number of thiazole rings is 1. The topological polar surface area (TPSA) is 143 Å². The van der Waals surface area contributed by atoms with Crippen LogP contribution in [0.5, 0.6) is 0 Å². The fourth-order valence-electron chi connectivity index (χ4n) is 2.32. The SMILES string of the molecule is O=C(NC(=S)Nc1ccc(S(=O)(=O)Nc2nccs2)cc1)c1ccccc1[N+](=O)[O-]. The van der Waals surface area contributed by atoms with Crippen molar-refractivity contribution in [3.8, 4) is 0 Å². The van der Waals surface area contributed by atoms with E-state index in [1.165, 1.54) is 54.7 Å². The number of sulfonamides is 1. The van der Waals surface area contributed by atoms with Crippen LogP contribution in [0, 0.1) is 10.1 Å². The van der Waals surface area contributed by atoms with Crippen molar-refractivity contribution >= 4 is 61.1 Å². The summed E-state index contributed by atoms with van der Waals surface area (Å²) in [7, 11) is -3.79. The molecule has 0 aliphatic heterocycles. The van der Waals surface area contributed by atoms with Crippen LogP contribution >= 0.6 is 23.6 Å². The molecule has 0 spiro atoms. The van der Waals surface area contributed by atoms with Gasteiger partial charge in [-0.3, -0.25) is 24.9 Å². The highest BCUT2D eigenvalue weighted by molar-refractivity contribution is 7.93.